The Kier molecular flexibility index (Phi) is 10.6. The van der Waals surface area contributed by atoms with E-state index in [1.807, 2.05) is 18.2 Å². The molecule has 1 aromatic carbocycles. The summed E-state index contributed by atoms with van der Waals surface area (Å²) in [6.45, 7) is 2.49. The summed E-state index contributed by atoms with van der Waals surface area (Å²) in [5, 5.41) is 10.7. The van der Waals surface area contributed by atoms with E-state index in [1.54, 1.807) is 7.05 Å². The van der Waals surface area contributed by atoms with Crippen molar-refractivity contribution < 1.29 is 38.4 Å². The van der Waals surface area contributed by atoms with E-state index in [-0.39, 0.29) is 31.2 Å². The zero-order valence-electron chi connectivity index (χ0n) is 20.4. The van der Waals surface area contributed by atoms with Crippen molar-refractivity contribution in [1.82, 2.24) is 14.5 Å². The number of amides is 2. The standard InChI is InChI=1S/C24H33N3O9/c1-26-20-15-17(3-2-8-33-9-10-34-11-12-35-13-14-36-16-22(29)30)4-5-18(20)27(24(26)32)19-6-7-21(28)25-23(19)31/h4-5,15,19H,2-3,6-14,16H2,1H3,(H,29,30)(H,25,28,31). The lowest BCUT2D eigenvalue weighted by Gasteiger charge is -2.21. The number of imidazole rings is 1. The van der Waals surface area contributed by atoms with E-state index in [4.69, 9.17) is 24.1 Å². The minimum Gasteiger partial charge on any atom is -0.480 e. The number of nitrogens with zero attached hydrogens (tertiary/aromatic N) is 2. The van der Waals surface area contributed by atoms with Gasteiger partial charge in [-0.25, -0.2) is 9.59 Å². The lowest BCUT2D eigenvalue weighted by molar-refractivity contribution is -0.143. The number of aromatic nitrogens is 2. The first-order valence-corrected chi connectivity index (χ1v) is 11.9. The van der Waals surface area contributed by atoms with E-state index < -0.39 is 17.9 Å². The molecule has 0 saturated carbocycles. The maximum Gasteiger partial charge on any atom is 0.329 e. The van der Waals surface area contributed by atoms with Crippen LogP contribution in [-0.2, 0) is 46.8 Å². The van der Waals surface area contributed by atoms with Crippen molar-refractivity contribution in [3.8, 4) is 0 Å². The molecular formula is C24H33N3O9. The third-order valence-electron chi connectivity index (χ3n) is 5.77. The van der Waals surface area contributed by atoms with E-state index in [0.29, 0.717) is 51.6 Å². The number of carbonyl (C=O) groups is 3. The van der Waals surface area contributed by atoms with Crippen LogP contribution in [0.4, 0.5) is 0 Å². The Morgan fingerprint density at radius 3 is 2.25 bits per heavy atom. The SMILES string of the molecule is Cn1c(=O)n(C2CCC(=O)NC2=O)c2ccc(CCCOCCOCCOCCOCC(=O)O)cc21. The first kappa shape index (κ1) is 27.5. The van der Waals surface area contributed by atoms with Crippen LogP contribution in [-0.4, -0.2) is 84.9 Å². The van der Waals surface area contributed by atoms with Crippen molar-refractivity contribution in [1.29, 1.82) is 0 Å². The molecule has 0 bridgehead atoms. The molecule has 36 heavy (non-hydrogen) atoms. The number of carbonyl (C=O) groups excluding carboxylic acids is 2. The van der Waals surface area contributed by atoms with Crippen LogP contribution in [0.1, 0.15) is 30.9 Å². The third kappa shape index (κ3) is 7.72. The quantitative estimate of drug-likeness (QED) is 0.243. The Labute approximate surface area is 208 Å². The number of aliphatic carboxylic acids is 1. The van der Waals surface area contributed by atoms with Gasteiger partial charge in [-0.05, 0) is 37.0 Å². The number of carboxylic acid groups (broad SMARTS) is 1. The van der Waals surface area contributed by atoms with Gasteiger partial charge in [0.1, 0.15) is 12.6 Å². The summed E-state index contributed by atoms with van der Waals surface area (Å²) >= 11 is 0. The highest BCUT2D eigenvalue weighted by atomic mass is 16.6. The monoisotopic (exact) mass is 507 g/mol. The predicted octanol–water partition coefficient (Wildman–Crippen LogP) is 0.401. The van der Waals surface area contributed by atoms with Gasteiger partial charge in [-0.1, -0.05) is 6.07 Å². The van der Waals surface area contributed by atoms with Crippen LogP contribution in [0, 0.1) is 0 Å². The van der Waals surface area contributed by atoms with Crippen LogP contribution in [0.25, 0.3) is 11.0 Å². The summed E-state index contributed by atoms with van der Waals surface area (Å²) in [6, 6.07) is 5.06. The van der Waals surface area contributed by atoms with Gasteiger partial charge in [-0.3, -0.25) is 24.0 Å². The van der Waals surface area contributed by atoms with Gasteiger partial charge < -0.3 is 24.1 Å². The van der Waals surface area contributed by atoms with Crippen molar-refractivity contribution in [2.75, 3.05) is 52.9 Å². The summed E-state index contributed by atoms with van der Waals surface area (Å²) in [7, 11) is 1.68. The van der Waals surface area contributed by atoms with Crippen molar-refractivity contribution >= 4 is 28.8 Å². The Morgan fingerprint density at radius 1 is 0.972 bits per heavy atom. The molecule has 1 saturated heterocycles. The summed E-state index contributed by atoms with van der Waals surface area (Å²) in [5.41, 5.74) is 2.19. The second-order valence-corrected chi connectivity index (χ2v) is 8.39. The average molecular weight is 508 g/mol. The fraction of sp³-hybridized carbons (Fsp3) is 0.583. The van der Waals surface area contributed by atoms with E-state index in [0.717, 1.165) is 23.9 Å². The fourth-order valence-corrected chi connectivity index (χ4v) is 3.99. The Morgan fingerprint density at radius 2 is 1.61 bits per heavy atom. The van der Waals surface area contributed by atoms with Crippen molar-refractivity contribution in [2.45, 2.75) is 31.7 Å². The third-order valence-corrected chi connectivity index (χ3v) is 5.77. The molecule has 2 N–H and O–H groups in total. The summed E-state index contributed by atoms with van der Waals surface area (Å²) in [6.07, 6.45) is 2.09. The number of piperidine rings is 1. The summed E-state index contributed by atoms with van der Waals surface area (Å²) in [5.74, 6) is -1.76. The highest BCUT2D eigenvalue weighted by molar-refractivity contribution is 6.00. The van der Waals surface area contributed by atoms with Crippen LogP contribution in [0.3, 0.4) is 0 Å². The van der Waals surface area contributed by atoms with Gasteiger partial charge in [-0.15, -0.1) is 0 Å². The molecule has 1 aromatic heterocycles. The number of benzene rings is 1. The predicted molar refractivity (Wildman–Crippen MR) is 128 cm³/mol. The topological polar surface area (TPSA) is 147 Å². The molecule has 198 valence electrons. The first-order valence-electron chi connectivity index (χ1n) is 11.9. The van der Waals surface area contributed by atoms with Crippen LogP contribution < -0.4 is 11.0 Å². The second-order valence-electron chi connectivity index (χ2n) is 8.39. The van der Waals surface area contributed by atoms with Gasteiger partial charge in [0.25, 0.3) is 0 Å². The van der Waals surface area contributed by atoms with E-state index in [1.165, 1.54) is 9.13 Å². The molecule has 12 nitrogen and oxygen atoms in total. The Hall–Kier alpha value is -3.06. The number of hydrogen-bond donors (Lipinski definition) is 2. The fourth-order valence-electron chi connectivity index (χ4n) is 3.99. The van der Waals surface area contributed by atoms with Crippen LogP contribution >= 0.6 is 0 Å². The lowest BCUT2D eigenvalue weighted by atomic mass is 10.1. The molecule has 12 heteroatoms. The molecule has 2 amide bonds. The van der Waals surface area contributed by atoms with Crippen molar-refractivity contribution in [3.05, 3.63) is 34.2 Å². The number of fused-ring (bicyclic) bond motifs is 1. The molecule has 1 atom stereocenters. The molecule has 3 rings (SSSR count). The summed E-state index contributed by atoms with van der Waals surface area (Å²) in [4.78, 5) is 46.9. The Balaban J connectivity index is 1.34. The molecule has 1 fully saturated rings. The number of aryl methyl sites for hydroxylation is 2. The minimum absolute atomic E-state index is 0.210. The lowest BCUT2D eigenvalue weighted by Crippen LogP contribution is -2.44. The number of rotatable bonds is 16. The van der Waals surface area contributed by atoms with E-state index in [2.05, 4.69) is 5.32 Å². The van der Waals surface area contributed by atoms with Gasteiger partial charge in [0.15, 0.2) is 0 Å². The number of hydrogen-bond acceptors (Lipinski definition) is 8. The highest BCUT2D eigenvalue weighted by Crippen LogP contribution is 2.24. The molecule has 2 aromatic rings. The van der Waals surface area contributed by atoms with Crippen LogP contribution in [0.15, 0.2) is 23.0 Å². The maximum atomic E-state index is 12.8. The number of imide groups is 1. The average Bonchev–Trinajstić information content (AvgIpc) is 3.09. The highest BCUT2D eigenvalue weighted by Gasteiger charge is 2.31. The molecule has 0 aliphatic carbocycles. The molecule has 1 aliphatic heterocycles. The molecule has 0 radical (unpaired) electrons. The maximum absolute atomic E-state index is 12.8. The number of nitrogens with one attached hydrogen (secondary N) is 1. The van der Waals surface area contributed by atoms with E-state index >= 15 is 0 Å². The molecular weight excluding hydrogens is 474 g/mol. The first-order chi connectivity index (χ1) is 17.4. The van der Waals surface area contributed by atoms with Crippen molar-refractivity contribution in [3.63, 3.8) is 0 Å². The normalized spacial score (nSPS) is 16.0. The zero-order valence-corrected chi connectivity index (χ0v) is 20.4. The largest absolute Gasteiger partial charge is 0.480 e. The van der Waals surface area contributed by atoms with Gasteiger partial charge in [0, 0.05) is 20.1 Å². The molecule has 0 spiro atoms. The van der Waals surface area contributed by atoms with Gasteiger partial charge >= 0.3 is 11.7 Å². The molecule has 2 heterocycles. The van der Waals surface area contributed by atoms with E-state index in [9.17, 15) is 19.2 Å². The smallest absolute Gasteiger partial charge is 0.329 e. The minimum atomic E-state index is -1.01. The second kappa shape index (κ2) is 13.9. The van der Waals surface area contributed by atoms with Gasteiger partial charge in [0.05, 0.1) is 50.7 Å². The zero-order chi connectivity index (χ0) is 25.9. The van der Waals surface area contributed by atoms with Crippen LogP contribution in [0.2, 0.25) is 0 Å². The van der Waals surface area contributed by atoms with Crippen molar-refractivity contribution in [2.24, 2.45) is 7.05 Å². The molecule has 1 unspecified atom stereocenters. The molecule has 1 aliphatic rings. The summed E-state index contributed by atoms with van der Waals surface area (Å²) < 4.78 is 24.1. The number of ether oxygens (including phenoxy) is 4. The van der Waals surface area contributed by atoms with Gasteiger partial charge in [-0.2, -0.15) is 0 Å². The van der Waals surface area contributed by atoms with Crippen LogP contribution in [0.5, 0.6) is 0 Å². The van der Waals surface area contributed by atoms with Gasteiger partial charge in [0.2, 0.25) is 11.8 Å². The number of carboxylic acids is 1. The Bertz CT molecular complexity index is 1110.